The molecule has 1 rings (SSSR count). The third kappa shape index (κ3) is 2.20. The van der Waals surface area contributed by atoms with Crippen LogP contribution in [0.4, 0.5) is 8.78 Å². The molecule has 0 aliphatic rings. The van der Waals surface area contributed by atoms with Gasteiger partial charge in [-0.1, -0.05) is 0 Å². The zero-order valence-electron chi connectivity index (χ0n) is 8.04. The predicted octanol–water partition coefficient (Wildman–Crippen LogP) is 1.57. The average molecular weight is 234 g/mol. The van der Waals surface area contributed by atoms with Crippen LogP contribution in [0, 0.1) is 11.6 Å². The number of sulfone groups is 1. The fraction of sp³-hybridized carbons (Fsp3) is 0.222. The molecule has 0 saturated carbocycles. The van der Waals surface area contributed by atoms with Gasteiger partial charge >= 0.3 is 0 Å². The SMILES string of the molecule is CC(=O)c1ccc(F)c(S(C)(=O)=O)c1F. The van der Waals surface area contributed by atoms with Crippen LogP contribution in [0.5, 0.6) is 0 Å². The number of rotatable bonds is 2. The molecule has 0 saturated heterocycles. The first-order valence-corrected chi connectivity index (χ1v) is 5.83. The van der Waals surface area contributed by atoms with E-state index in [1.807, 2.05) is 0 Å². The summed E-state index contributed by atoms with van der Waals surface area (Å²) in [7, 11) is -4.02. The van der Waals surface area contributed by atoms with Gasteiger partial charge < -0.3 is 0 Å². The van der Waals surface area contributed by atoms with E-state index in [1.165, 1.54) is 0 Å². The zero-order chi connectivity index (χ0) is 11.8. The molecular weight excluding hydrogens is 226 g/mol. The molecule has 0 N–H and O–H groups in total. The summed E-state index contributed by atoms with van der Waals surface area (Å²) in [6.45, 7) is 1.07. The van der Waals surface area contributed by atoms with Gasteiger partial charge in [0.2, 0.25) is 0 Å². The van der Waals surface area contributed by atoms with E-state index in [-0.39, 0.29) is 0 Å². The second kappa shape index (κ2) is 3.69. The molecule has 0 fully saturated rings. The summed E-state index contributed by atoms with van der Waals surface area (Å²) in [6, 6.07) is 1.68. The predicted molar refractivity (Wildman–Crippen MR) is 49.5 cm³/mol. The van der Waals surface area contributed by atoms with Gasteiger partial charge in [-0.15, -0.1) is 0 Å². The van der Waals surface area contributed by atoms with Crippen molar-refractivity contribution in [3.8, 4) is 0 Å². The van der Waals surface area contributed by atoms with Crippen molar-refractivity contribution in [1.82, 2.24) is 0 Å². The summed E-state index contributed by atoms with van der Waals surface area (Å²) in [5.74, 6) is -3.18. The fourth-order valence-corrected chi connectivity index (χ4v) is 2.00. The Balaban J connectivity index is 3.66. The fourth-order valence-electron chi connectivity index (χ4n) is 1.14. The Labute approximate surface area is 85.6 Å². The van der Waals surface area contributed by atoms with Gasteiger partial charge in [-0.2, -0.15) is 0 Å². The number of ketones is 1. The van der Waals surface area contributed by atoms with E-state index >= 15 is 0 Å². The lowest BCUT2D eigenvalue weighted by molar-refractivity contribution is 0.101. The summed E-state index contributed by atoms with van der Waals surface area (Å²) in [4.78, 5) is 9.84. The summed E-state index contributed by atoms with van der Waals surface area (Å²) < 4.78 is 48.6. The van der Waals surface area contributed by atoms with E-state index in [1.54, 1.807) is 0 Å². The van der Waals surface area contributed by atoms with E-state index in [9.17, 15) is 22.0 Å². The molecule has 1 aromatic rings. The highest BCUT2D eigenvalue weighted by Gasteiger charge is 2.23. The molecule has 0 radical (unpaired) electrons. The third-order valence-electron chi connectivity index (χ3n) is 1.80. The first kappa shape index (κ1) is 11.8. The molecule has 0 amide bonds. The lowest BCUT2D eigenvalue weighted by Crippen LogP contribution is -2.09. The van der Waals surface area contributed by atoms with Crippen LogP contribution >= 0.6 is 0 Å². The molecule has 0 unspecified atom stereocenters. The summed E-state index contributed by atoms with van der Waals surface area (Å²) in [5, 5.41) is 0. The van der Waals surface area contributed by atoms with Crippen LogP contribution in [0.3, 0.4) is 0 Å². The largest absolute Gasteiger partial charge is 0.294 e. The summed E-state index contributed by atoms with van der Waals surface area (Å²) in [5.41, 5.74) is -0.433. The number of carbonyl (C=O) groups is 1. The van der Waals surface area contributed by atoms with Gasteiger partial charge in [0.25, 0.3) is 0 Å². The van der Waals surface area contributed by atoms with Gasteiger partial charge in [-0.3, -0.25) is 4.79 Å². The quantitative estimate of drug-likeness (QED) is 0.730. The lowest BCUT2D eigenvalue weighted by atomic mass is 10.1. The third-order valence-corrected chi connectivity index (χ3v) is 2.91. The van der Waals surface area contributed by atoms with E-state index in [0.717, 1.165) is 19.1 Å². The molecular formula is C9H8F2O3S. The minimum atomic E-state index is -4.02. The molecule has 3 nitrogen and oxygen atoms in total. The van der Waals surface area contributed by atoms with Gasteiger partial charge in [0.15, 0.2) is 21.4 Å². The van der Waals surface area contributed by atoms with E-state index in [0.29, 0.717) is 6.26 Å². The van der Waals surface area contributed by atoms with Crippen molar-refractivity contribution in [2.24, 2.45) is 0 Å². The first-order valence-electron chi connectivity index (χ1n) is 3.94. The number of Topliss-reactive ketones (excluding diaryl/α,β-unsaturated/α-hetero) is 1. The zero-order valence-corrected chi connectivity index (χ0v) is 8.86. The van der Waals surface area contributed by atoms with Gasteiger partial charge in [-0.05, 0) is 19.1 Å². The number of carbonyl (C=O) groups excluding carboxylic acids is 1. The number of hydrogen-bond acceptors (Lipinski definition) is 3. The van der Waals surface area contributed by atoms with E-state index < -0.39 is 37.7 Å². The maximum absolute atomic E-state index is 13.4. The highest BCUT2D eigenvalue weighted by atomic mass is 32.2. The minimum Gasteiger partial charge on any atom is -0.294 e. The molecule has 0 bridgehead atoms. The smallest absolute Gasteiger partial charge is 0.181 e. The molecule has 82 valence electrons. The monoisotopic (exact) mass is 234 g/mol. The van der Waals surface area contributed by atoms with Crippen LogP contribution < -0.4 is 0 Å². The van der Waals surface area contributed by atoms with Crippen LogP contribution in [-0.4, -0.2) is 20.5 Å². The topological polar surface area (TPSA) is 51.2 Å². The van der Waals surface area contributed by atoms with Crippen molar-refractivity contribution < 1.29 is 22.0 Å². The Bertz CT molecular complexity index is 520. The lowest BCUT2D eigenvalue weighted by Gasteiger charge is -2.05. The van der Waals surface area contributed by atoms with Crippen molar-refractivity contribution in [3.05, 3.63) is 29.3 Å². The van der Waals surface area contributed by atoms with Crippen LogP contribution in [0.2, 0.25) is 0 Å². The van der Waals surface area contributed by atoms with Gasteiger partial charge in [0, 0.05) is 6.26 Å². The molecule has 0 heterocycles. The van der Waals surface area contributed by atoms with Gasteiger partial charge in [0.05, 0.1) is 5.56 Å². The van der Waals surface area contributed by atoms with Crippen LogP contribution in [0.1, 0.15) is 17.3 Å². The molecule has 0 aromatic heterocycles. The standard InChI is InChI=1S/C9H8F2O3S/c1-5(12)6-3-4-7(10)9(8(6)11)15(2,13)14/h3-4H,1-2H3. The Kier molecular flexibility index (Phi) is 2.90. The second-order valence-electron chi connectivity index (χ2n) is 3.07. The van der Waals surface area contributed by atoms with Crippen LogP contribution in [0.25, 0.3) is 0 Å². The Morgan fingerprint density at radius 3 is 2.20 bits per heavy atom. The van der Waals surface area contributed by atoms with Crippen molar-refractivity contribution in [3.63, 3.8) is 0 Å². The highest BCUT2D eigenvalue weighted by molar-refractivity contribution is 7.90. The number of benzene rings is 1. The molecule has 6 heteroatoms. The number of hydrogen-bond donors (Lipinski definition) is 0. The van der Waals surface area contributed by atoms with Gasteiger partial charge in [0.1, 0.15) is 10.7 Å². The van der Waals surface area contributed by atoms with Crippen molar-refractivity contribution in [2.45, 2.75) is 11.8 Å². The van der Waals surface area contributed by atoms with Crippen LogP contribution in [0.15, 0.2) is 17.0 Å². The van der Waals surface area contributed by atoms with Crippen molar-refractivity contribution in [2.75, 3.05) is 6.26 Å². The molecule has 1 aromatic carbocycles. The maximum Gasteiger partial charge on any atom is 0.181 e. The average Bonchev–Trinajstić information content (AvgIpc) is 2.00. The summed E-state index contributed by atoms with van der Waals surface area (Å²) >= 11 is 0. The molecule has 15 heavy (non-hydrogen) atoms. The Morgan fingerprint density at radius 2 is 1.80 bits per heavy atom. The summed E-state index contributed by atoms with van der Waals surface area (Å²) in [6.07, 6.45) is 0.679. The molecule has 0 spiro atoms. The highest BCUT2D eigenvalue weighted by Crippen LogP contribution is 2.21. The molecule has 0 aliphatic carbocycles. The van der Waals surface area contributed by atoms with E-state index in [2.05, 4.69) is 0 Å². The second-order valence-corrected chi connectivity index (χ2v) is 5.02. The van der Waals surface area contributed by atoms with Crippen LogP contribution in [-0.2, 0) is 9.84 Å². The number of halogens is 2. The normalized spacial score (nSPS) is 11.5. The van der Waals surface area contributed by atoms with Gasteiger partial charge in [-0.25, -0.2) is 17.2 Å². The van der Waals surface area contributed by atoms with Crippen molar-refractivity contribution >= 4 is 15.6 Å². The van der Waals surface area contributed by atoms with Crippen molar-refractivity contribution in [1.29, 1.82) is 0 Å². The molecule has 0 atom stereocenters. The molecule has 0 aliphatic heterocycles. The maximum atomic E-state index is 13.4. The van der Waals surface area contributed by atoms with E-state index in [4.69, 9.17) is 0 Å². The first-order chi connectivity index (χ1) is 6.75. The minimum absolute atomic E-state index is 0.433. The Hall–Kier alpha value is -1.30. The Morgan fingerprint density at radius 1 is 1.27 bits per heavy atom.